The van der Waals surface area contributed by atoms with Gasteiger partial charge in [-0.3, -0.25) is 9.59 Å². The number of ether oxygens (including phenoxy) is 1. The lowest BCUT2D eigenvalue weighted by Crippen LogP contribution is -2.33. The number of esters is 1. The van der Waals surface area contributed by atoms with E-state index in [4.69, 9.17) is 4.74 Å². The summed E-state index contributed by atoms with van der Waals surface area (Å²) >= 11 is 0. The fraction of sp³-hybridized carbons (Fsp3) is 0.652. The fourth-order valence-electron chi connectivity index (χ4n) is 3.96. The molecule has 1 aliphatic rings. The topological polar surface area (TPSA) is 67.4 Å². The van der Waals surface area contributed by atoms with Crippen LogP contribution in [0.3, 0.4) is 0 Å². The minimum absolute atomic E-state index is 0.154. The number of carbonyl (C=O) groups is 2. The van der Waals surface area contributed by atoms with E-state index < -0.39 is 0 Å². The number of amides is 1. The second-order valence-corrected chi connectivity index (χ2v) is 8.87. The van der Waals surface area contributed by atoms with Crippen molar-refractivity contribution in [3.05, 3.63) is 29.3 Å². The lowest BCUT2D eigenvalue weighted by molar-refractivity contribution is -0.142. The molecule has 1 saturated carbocycles. The van der Waals surface area contributed by atoms with Gasteiger partial charge in [-0.05, 0) is 62.5 Å². The molecular formula is C23H36N2O3. The monoisotopic (exact) mass is 388 g/mol. The molecule has 1 aromatic carbocycles. The van der Waals surface area contributed by atoms with E-state index in [1.807, 2.05) is 25.1 Å². The van der Waals surface area contributed by atoms with Crippen LogP contribution in [0, 0.1) is 18.3 Å². The molecule has 2 rings (SSSR count). The van der Waals surface area contributed by atoms with Crippen LogP contribution >= 0.6 is 0 Å². The van der Waals surface area contributed by atoms with E-state index in [0.717, 1.165) is 30.0 Å². The summed E-state index contributed by atoms with van der Waals surface area (Å²) in [5.74, 6) is 0.313. The molecule has 1 amide bonds. The number of hydrogen-bond donors (Lipinski definition) is 2. The van der Waals surface area contributed by atoms with Crippen LogP contribution in [0.1, 0.15) is 75.7 Å². The summed E-state index contributed by atoms with van der Waals surface area (Å²) in [7, 11) is 0. The highest BCUT2D eigenvalue weighted by atomic mass is 16.5. The quantitative estimate of drug-likeness (QED) is 0.665. The van der Waals surface area contributed by atoms with Crippen LogP contribution in [-0.4, -0.2) is 31.1 Å². The Morgan fingerprint density at radius 1 is 1.14 bits per heavy atom. The Bertz CT molecular complexity index is 671. The summed E-state index contributed by atoms with van der Waals surface area (Å²) in [6.45, 7) is 11.4. The second kappa shape index (κ2) is 9.94. The van der Waals surface area contributed by atoms with E-state index >= 15 is 0 Å². The number of benzene rings is 1. The molecule has 1 fully saturated rings. The zero-order valence-corrected chi connectivity index (χ0v) is 18.1. The highest BCUT2D eigenvalue weighted by molar-refractivity contribution is 6.00. The SMILES string of the molecule is CCOC(=O)CCNC(=O)c1cccc(C)c1NC1CCC(C(C)(C)C)CC1. The third kappa shape index (κ3) is 6.25. The standard InChI is InChI=1S/C23H36N2O3/c1-6-28-20(26)14-15-24-22(27)19-9-7-8-16(2)21(19)25-18-12-10-17(11-13-18)23(3,4)5/h7-9,17-18,25H,6,10-15H2,1-5H3,(H,24,27). The Kier molecular flexibility index (Phi) is 7.90. The van der Waals surface area contributed by atoms with Gasteiger partial charge in [-0.15, -0.1) is 0 Å². The largest absolute Gasteiger partial charge is 0.466 e. The smallest absolute Gasteiger partial charge is 0.307 e. The average Bonchev–Trinajstić information content (AvgIpc) is 2.63. The van der Waals surface area contributed by atoms with Crippen molar-refractivity contribution < 1.29 is 14.3 Å². The van der Waals surface area contributed by atoms with Gasteiger partial charge in [0.05, 0.1) is 24.3 Å². The predicted octanol–water partition coefficient (Wildman–Crippen LogP) is 4.69. The molecule has 1 aromatic rings. The van der Waals surface area contributed by atoms with E-state index in [-0.39, 0.29) is 24.8 Å². The van der Waals surface area contributed by atoms with E-state index in [9.17, 15) is 9.59 Å². The van der Waals surface area contributed by atoms with E-state index in [1.54, 1.807) is 6.92 Å². The molecule has 0 unspecified atom stereocenters. The van der Waals surface area contributed by atoms with Crippen molar-refractivity contribution in [3.8, 4) is 0 Å². The van der Waals surface area contributed by atoms with Gasteiger partial charge < -0.3 is 15.4 Å². The maximum atomic E-state index is 12.7. The number of carbonyl (C=O) groups excluding carboxylic acids is 2. The first-order chi connectivity index (χ1) is 13.2. The Hall–Kier alpha value is -2.04. The molecule has 28 heavy (non-hydrogen) atoms. The molecule has 2 N–H and O–H groups in total. The number of aryl methyl sites for hydroxylation is 1. The number of nitrogens with one attached hydrogen (secondary N) is 2. The van der Waals surface area contributed by atoms with Crippen molar-refractivity contribution in [2.75, 3.05) is 18.5 Å². The molecule has 0 saturated heterocycles. The zero-order chi connectivity index (χ0) is 20.7. The van der Waals surface area contributed by atoms with Gasteiger partial charge in [-0.1, -0.05) is 32.9 Å². The molecule has 5 nitrogen and oxygen atoms in total. The first kappa shape index (κ1) is 22.3. The van der Waals surface area contributed by atoms with Crippen LogP contribution in [0.2, 0.25) is 0 Å². The fourth-order valence-corrected chi connectivity index (χ4v) is 3.96. The summed E-state index contributed by atoms with van der Waals surface area (Å²) in [6, 6.07) is 6.16. The van der Waals surface area contributed by atoms with Gasteiger partial charge in [0.2, 0.25) is 0 Å². The van der Waals surface area contributed by atoms with Crippen molar-refractivity contribution in [2.24, 2.45) is 11.3 Å². The van der Waals surface area contributed by atoms with Gasteiger partial charge in [0, 0.05) is 12.6 Å². The number of hydrogen-bond acceptors (Lipinski definition) is 4. The minimum Gasteiger partial charge on any atom is -0.466 e. The summed E-state index contributed by atoms with van der Waals surface area (Å²) in [5.41, 5.74) is 2.98. The molecular weight excluding hydrogens is 352 g/mol. The summed E-state index contributed by atoms with van der Waals surface area (Å²) in [6.07, 6.45) is 4.87. The van der Waals surface area contributed by atoms with Crippen molar-refractivity contribution in [2.45, 2.75) is 72.8 Å². The van der Waals surface area contributed by atoms with Crippen LogP contribution in [0.5, 0.6) is 0 Å². The Morgan fingerprint density at radius 2 is 1.82 bits per heavy atom. The zero-order valence-electron chi connectivity index (χ0n) is 18.1. The summed E-state index contributed by atoms with van der Waals surface area (Å²) in [5, 5.41) is 6.48. The molecule has 0 atom stereocenters. The van der Waals surface area contributed by atoms with E-state index in [1.165, 1.54) is 12.8 Å². The molecule has 156 valence electrons. The normalized spacial score (nSPS) is 19.8. The third-order valence-corrected chi connectivity index (χ3v) is 5.74. The first-order valence-corrected chi connectivity index (χ1v) is 10.5. The number of anilines is 1. The number of rotatable bonds is 7. The molecule has 0 radical (unpaired) electrons. The van der Waals surface area contributed by atoms with Gasteiger partial charge >= 0.3 is 5.97 Å². The summed E-state index contributed by atoms with van der Waals surface area (Å²) in [4.78, 5) is 24.1. The average molecular weight is 389 g/mol. The maximum absolute atomic E-state index is 12.7. The molecule has 0 heterocycles. The first-order valence-electron chi connectivity index (χ1n) is 10.5. The van der Waals surface area contributed by atoms with Gasteiger partial charge in [-0.2, -0.15) is 0 Å². The van der Waals surface area contributed by atoms with Crippen molar-refractivity contribution in [1.29, 1.82) is 0 Å². The van der Waals surface area contributed by atoms with Gasteiger partial charge in [0.1, 0.15) is 0 Å². The van der Waals surface area contributed by atoms with Crippen LogP contribution in [-0.2, 0) is 9.53 Å². The van der Waals surface area contributed by atoms with Crippen molar-refractivity contribution in [3.63, 3.8) is 0 Å². The molecule has 0 aliphatic heterocycles. The van der Waals surface area contributed by atoms with E-state index in [0.29, 0.717) is 23.6 Å². The molecule has 0 aromatic heterocycles. The third-order valence-electron chi connectivity index (χ3n) is 5.74. The van der Waals surface area contributed by atoms with Crippen LogP contribution in [0.15, 0.2) is 18.2 Å². The lowest BCUT2D eigenvalue weighted by Gasteiger charge is -2.37. The predicted molar refractivity (Wildman–Crippen MR) is 114 cm³/mol. The lowest BCUT2D eigenvalue weighted by atomic mass is 9.71. The van der Waals surface area contributed by atoms with E-state index in [2.05, 4.69) is 31.4 Å². The minimum atomic E-state index is -0.291. The summed E-state index contributed by atoms with van der Waals surface area (Å²) < 4.78 is 4.90. The van der Waals surface area contributed by atoms with Crippen molar-refractivity contribution >= 4 is 17.6 Å². The van der Waals surface area contributed by atoms with Crippen LogP contribution in [0.4, 0.5) is 5.69 Å². The highest BCUT2D eigenvalue weighted by Gasteiger charge is 2.30. The second-order valence-electron chi connectivity index (χ2n) is 8.87. The van der Waals surface area contributed by atoms with Crippen LogP contribution in [0.25, 0.3) is 0 Å². The van der Waals surface area contributed by atoms with Gasteiger partial charge in [0.25, 0.3) is 5.91 Å². The van der Waals surface area contributed by atoms with Crippen molar-refractivity contribution in [1.82, 2.24) is 5.32 Å². The molecule has 0 bridgehead atoms. The Morgan fingerprint density at radius 3 is 2.43 bits per heavy atom. The molecule has 5 heteroatoms. The Labute approximate surface area is 169 Å². The number of para-hydroxylation sites is 1. The molecule has 0 spiro atoms. The highest BCUT2D eigenvalue weighted by Crippen LogP contribution is 2.38. The molecule has 1 aliphatic carbocycles. The van der Waals surface area contributed by atoms with Crippen LogP contribution < -0.4 is 10.6 Å². The van der Waals surface area contributed by atoms with Gasteiger partial charge in [0.15, 0.2) is 0 Å². The van der Waals surface area contributed by atoms with Gasteiger partial charge in [-0.25, -0.2) is 0 Å². The Balaban J connectivity index is 1.98. The maximum Gasteiger partial charge on any atom is 0.307 e.